The molecule has 0 aliphatic carbocycles. The predicted octanol–water partition coefficient (Wildman–Crippen LogP) is 5.98. The zero-order chi connectivity index (χ0) is 22.7. The van der Waals surface area contributed by atoms with Gasteiger partial charge in [0.2, 0.25) is 0 Å². The summed E-state index contributed by atoms with van der Waals surface area (Å²) in [6, 6.07) is 20.2. The molecule has 0 aromatic heterocycles. The number of hydrogen-bond acceptors (Lipinski definition) is 3. The van der Waals surface area contributed by atoms with Gasteiger partial charge in [-0.1, -0.05) is 55.0 Å². The number of carbonyl (C=O) groups excluding carboxylic acids is 2. The van der Waals surface area contributed by atoms with Crippen molar-refractivity contribution in [2.24, 2.45) is 0 Å². The highest BCUT2D eigenvalue weighted by Gasteiger charge is 2.33. The Hall–Kier alpha value is -3.99. The molecule has 0 atom stereocenters. The van der Waals surface area contributed by atoms with Crippen LogP contribution < -0.4 is 0 Å². The van der Waals surface area contributed by atoms with Crippen LogP contribution in [0.2, 0.25) is 0 Å². The van der Waals surface area contributed by atoms with Crippen molar-refractivity contribution in [1.29, 1.82) is 0 Å². The molecule has 33 heavy (non-hydrogen) atoms. The first-order valence-corrected chi connectivity index (χ1v) is 11.3. The monoisotopic (exact) mass is 435 g/mol. The van der Waals surface area contributed by atoms with Gasteiger partial charge in [0.05, 0.1) is 0 Å². The SMILES string of the molecule is O=C(O)CCCCCN1C(=O)c2ccc3c4cccc5cccc(c6ccc(c2c36)C1=O)c54. The minimum Gasteiger partial charge on any atom is -0.481 e. The maximum Gasteiger partial charge on any atom is 0.303 e. The third-order valence-corrected chi connectivity index (χ3v) is 6.87. The number of aliphatic carboxylic acids is 1. The molecule has 2 amide bonds. The number of carbonyl (C=O) groups is 3. The summed E-state index contributed by atoms with van der Waals surface area (Å²) in [5, 5.41) is 17.2. The van der Waals surface area contributed by atoms with Crippen LogP contribution in [0.1, 0.15) is 46.4 Å². The molecule has 1 aliphatic heterocycles. The molecule has 162 valence electrons. The van der Waals surface area contributed by atoms with Crippen LogP contribution in [0.4, 0.5) is 0 Å². The molecule has 1 heterocycles. The van der Waals surface area contributed by atoms with Gasteiger partial charge < -0.3 is 5.11 Å². The number of carboxylic acid groups (broad SMARTS) is 1. The second kappa shape index (κ2) is 7.27. The summed E-state index contributed by atoms with van der Waals surface area (Å²) >= 11 is 0. The van der Waals surface area contributed by atoms with Gasteiger partial charge in [-0.3, -0.25) is 19.3 Å². The first kappa shape index (κ1) is 19.7. The molecule has 0 unspecified atom stereocenters. The number of nitrogens with zero attached hydrogens (tertiary/aromatic N) is 1. The van der Waals surface area contributed by atoms with Crippen molar-refractivity contribution in [3.8, 4) is 0 Å². The van der Waals surface area contributed by atoms with E-state index < -0.39 is 5.97 Å². The Bertz CT molecular complexity index is 1520. The molecule has 0 spiro atoms. The molecule has 1 N–H and O–H groups in total. The number of carboxylic acids is 1. The van der Waals surface area contributed by atoms with Crippen LogP contribution in [0, 0.1) is 0 Å². The molecule has 0 saturated heterocycles. The van der Waals surface area contributed by atoms with Gasteiger partial charge in [0, 0.05) is 29.5 Å². The molecule has 0 saturated carbocycles. The van der Waals surface area contributed by atoms with E-state index >= 15 is 0 Å². The third kappa shape index (κ3) is 2.82. The lowest BCUT2D eigenvalue weighted by Gasteiger charge is -2.28. The molecule has 0 fully saturated rings. The molecule has 5 nitrogen and oxygen atoms in total. The molecule has 6 rings (SSSR count). The molecular formula is C28H21NO4. The number of unbranched alkanes of at least 4 members (excludes halogenated alkanes) is 2. The van der Waals surface area contributed by atoms with E-state index in [0.717, 1.165) is 32.3 Å². The maximum absolute atomic E-state index is 13.4. The van der Waals surface area contributed by atoms with Gasteiger partial charge >= 0.3 is 5.97 Å². The van der Waals surface area contributed by atoms with Crippen molar-refractivity contribution < 1.29 is 19.5 Å². The van der Waals surface area contributed by atoms with Crippen LogP contribution in [0.5, 0.6) is 0 Å². The van der Waals surface area contributed by atoms with E-state index in [4.69, 9.17) is 5.11 Å². The molecule has 5 aromatic carbocycles. The average molecular weight is 435 g/mol. The third-order valence-electron chi connectivity index (χ3n) is 6.87. The first-order valence-electron chi connectivity index (χ1n) is 11.3. The maximum atomic E-state index is 13.4. The number of imide groups is 1. The smallest absolute Gasteiger partial charge is 0.303 e. The van der Waals surface area contributed by atoms with E-state index in [1.807, 2.05) is 36.4 Å². The summed E-state index contributed by atoms with van der Waals surface area (Å²) in [5.74, 6) is -1.37. The minimum absolute atomic E-state index is 0.101. The molecule has 5 heteroatoms. The quantitative estimate of drug-likeness (QED) is 0.154. The average Bonchev–Trinajstić information content (AvgIpc) is 2.82. The van der Waals surface area contributed by atoms with Crippen LogP contribution in [0.15, 0.2) is 60.7 Å². The Balaban J connectivity index is 1.51. The van der Waals surface area contributed by atoms with E-state index in [2.05, 4.69) is 24.3 Å². The van der Waals surface area contributed by atoms with E-state index in [9.17, 15) is 14.4 Å². The molecule has 5 aromatic rings. The van der Waals surface area contributed by atoms with Crippen molar-refractivity contribution in [3.05, 3.63) is 71.8 Å². The number of fused-ring (bicyclic) bond motifs is 2. The van der Waals surface area contributed by atoms with Gasteiger partial charge in [0.1, 0.15) is 0 Å². The lowest BCUT2D eigenvalue weighted by Crippen LogP contribution is -2.40. The van der Waals surface area contributed by atoms with E-state index in [-0.39, 0.29) is 18.2 Å². The van der Waals surface area contributed by atoms with E-state index in [1.165, 1.54) is 15.7 Å². The molecule has 0 radical (unpaired) electrons. The van der Waals surface area contributed by atoms with Crippen molar-refractivity contribution in [2.45, 2.75) is 25.7 Å². The Morgan fingerprint density at radius 2 is 1.24 bits per heavy atom. The zero-order valence-corrected chi connectivity index (χ0v) is 17.9. The Labute approximate surface area is 189 Å². The second-order valence-corrected chi connectivity index (χ2v) is 8.75. The van der Waals surface area contributed by atoms with Crippen LogP contribution in [0.3, 0.4) is 0 Å². The Morgan fingerprint density at radius 3 is 1.82 bits per heavy atom. The number of hydrogen-bond donors (Lipinski definition) is 1. The highest BCUT2D eigenvalue weighted by atomic mass is 16.4. The van der Waals surface area contributed by atoms with Crippen molar-refractivity contribution in [3.63, 3.8) is 0 Å². The van der Waals surface area contributed by atoms with Crippen LogP contribution >= 0.6 is 0 Å². The summed E-state index contributed by atoms with van der Waals surface area (Å²) in [6.07, 6.45) is 1.89. The summed E-state index contributed by atoms with van der Waals surface area (Å²) in [4.78, 5) is 38.8. The van der Waals surface area contributed by atoms with Gasteiger partial charge in [-0.25, -0.2) is 0 Å². The van der Waals surface area contributed by atoms with Gasteiger partial charge in [0.25, 0.3) is 11.8 Å². The highest BCUT2D eigenvalue weighted by molar-refractivity contribution is 6.38. The van der Waals surface area contributed by atoms with Crippen LogP contribution in [0.25, 0.3) is 43.1 Å². The first-order chi connectivity index (χ1) is 16.1. The number of benzene rings is 5. The topological polar surface area (TPSA) is 74.7 Å². The van der Waals surface area contributed by atoms with Crippen LogP contribution in [-0.4, -0.2) is 34.3 Å². The molecule has 0 bridgehead atoms. The summed E-state index contributed by atoms with van der Waals surface area (Å²) < 4.78 is 0. The van der Waals surface area contributed by atoms with E-state index in [1.54, 1.807) is 0 Å². The fraction of sp³-hybridized carbons (Fsp3) is 0.179. The van der Waals surface area contributed by atoms with Gasteiger partial charge in [-0.15, -0.1) is 0 Å². The fourth-order valence-corrected chi connectivity index (χ4v) is 5.40. The van der Waals surface area contributed by atoms with Crippen molar-refractivity contribution >= 4 is 60.9 Å². The van der Waals surface area contributed by atoms with Crippen molar-refractivity contribution in [1.82, 2.24) is 4.90 Å². The Morgan fingerprint density at radius 1 is 0.667 bits per heavy atom. The number of amides is 2. The predicted molar refractivity (Wildman–Crippen MR) is 129 cm³/mol. The van der Waals surface area contributed by atoms with Crippen LogP contribution in [-0.2, 0) is 4.79 Å². The fourth-order valence-electron chi connectivity index (χ4n) is 5.40. The van der Waals surface area contributed by atoms with Gasteiger partial charge in [0.15, 0.2) is 0 Å². The highest BCUT2D eigenvalue weighted by Crippen LogP contribution is 2.43. The second-order valence-electron chi connectivity index (χ2n) is 8.75. The Kier molecular flexibility index (Phi) is 4.34. The summed E-state index contributed by atoms with van der Waals surface area (Å²) in [7, 11) is 0. The van der Waals surface area contributed by atoms with Gasteiger partial charge in [-0.2, -0.15) is 0 Å². The minimum atomic E-state index is -0.828. The summed E-state index contributed by atoms with van der Waals surface area (Å²) in [5.41, 5.74) is 1.12. The van der Waals surface area contributed by atoms with Gasteiger partial charge in [-0.05, 0) is 62.7 Å². The zero-order valence-electron chi connectivity index (χ0n) is 17.9. The standard InChI is InChI=1S/C28H21NO4/c30-23(31)10-2-1-3-15-29-27(32)21-13-11-19-17-8-4-6-16-7-5-9-18(24(16)17)20-12-14-22(28(29)33)26(21)25(19)20/h4-9,11-14H,1-3,10,15H2,(H,30,31). The normalized spacial score (nSPS) is 13.8. The summed E-state index contributed by atoms with van der Waals surface area (Å²) in [6.45, 7) is 0.295. The van der Waals surface area contributed by atoms with Crippen molar-refractivity contribution in [2.75, 3.05) is 6.54 Å². The lowest BCUT2D eigenvalue weighted by molar-refractivity contribution is -0.137. The molecular weight excluding hydrogens is 414 g/mol. The lowest BCUT2D eigenvalue weighted by atomic mass is 9.85. The largest absolute Gasteiger partial charge is 0.481 e. The van der Waals surface area contributed by atoms with E-state index in [0.29, 0.717) is 36.9 Å². The number of rotatable bonds is 6. The molecule has 1 aliphatic rings.